The standard InChI is InChI=1S/C17H20ClN3O2/c1-9-13(15(18)21(5)20-9)16(22)19-12-8-6-7-11-14(12)10(2)23-17(11,3)4/h6-8,10H,1-5H3,(H,19,22)/t10-/m1/s1. The van der Waals surface area contributed by atoms with E-state index in [1.165, 1.54) is 4.68 Å². The van der Waals surface area contributed by atoms with Crippen molar-refractivity contribution in [3.8, 4) is 0 Å². The van der Waals surface area contributed by atoms with Crippen molar-refractivity contribution in [3.05, 3.63) is 45.7 Å². The predicted molar refractivity (Wildman–Crippen MR) is 89.9 cm³/mol. The van der Waals surface area contributed by atoms with Gasteiger partial charge in [0.25, 0.3) is 5.91 Å². The molecule has 0 bridgehead atoms. The van der Waals surface area contributed by atoms with Crippen molar-refractivity contribution in [2.45, 2.75) is 39.4 Å². The largest absolute Gasteiger partial charge is 0.363 e. The minimum absolute atomic E-state index is 0.0815. The van der Waals surface area contributed by atoms with Crippen LogP contribution < -0.4 is 5.32 Å². The topological polar surface area (TPSA) is 56.2 Å². The van der Waals surface area contributed by atoms with E-state index in [-0.39, 0.29) is 17.6 Å². The third-order valence-electron chi connectivity index (χ3n) is 4.26. The highest BCUT2D eigenvalue weighted by Gasteiger charge is 2.37. The van der Waals surface area contributed by atoms with Crippen LogP contribution in [0.15, 0.2) is 18.2 Å². The summed E-state index contributed by atoms with van der Waals surface area (Å²) in [6.07, 6.45) is -0.0815. The van der Waals surface area contributed by atoms with E-state index in [9.17, 15) is 4.79 Å². The van der Waals surface area contributed by atoms with Crippen molar-refractivity contribution in [1.29, 1.82) is 0 Å². The number of hydrogen-bond acceptors (Lipinski definition) is 3. The van der Waals surface area contributed by atoms with Gasteiger partial charge in [0, 0.05) is 18.3 Å². The first-order chi connectivity index (χ1) is 10.7. The fourth-order valence-electron chi connectivity index (χ4n) is 3.27. The molecule has 1 aromatic carbocycles. The third kappa shape index (κ3) is 2.54. The van der Waals surface area contributed by atoms with E-state index in [1.807, 2.05) is 39.0 Å². The normalized spacial score (nSPS) is 18.8. The number of aryl methyl sites for hydroxylation is 2. The van der Waals surface area contributed by atoms with Crippen LogP contribution in [0.25, 0.3) is 0 Å². The molecule has 0 radical (unpaired) electrons. The van der Waals surface area contributed by atoms with Gasteiger partial charge in [0.1, 0.15) is 5.15 Å². The van der Waals surface area contributed by atoms with Gasteiger partial charge in [-0.1, -0.05) is 23.7 Å². The zero-order valence-electron chi connectivity index (χ0n) is 13.9. The lowest BCUT2D eigenvalue weighted by atomic mass is 9.93. The lowest BCUT2D eigenvalue weighted by molar-refractivity contribution is -0.0433. The van der Waals surface area contributed by atoms with Gasteiger partial charge in [0.2, 0.25) is 0 Å². The Morgan fingerprint density at radius 2 is 2.13 bits per heavy atom. The van der Waals surface area contributed by atoms with Gasteiger partial charge in [-0.15, -0.1) is 0 Å². The Morgan fingerprint density at radius 3 is 2.74 bits per heavy atom. The van der Waals surface area contributed by atoms with Crippen molar-refractivity contribution in [3.63, 3.8) is 0 Å². The van der Waals surface area contributed by atoms with Gasteiger partial charge in [0.05, 0.1) is 23.0 Å². The Morgan fingerprint density at radius 1 is 1.43 bits per heavy atom. The lowest BCUT2D eigenvalue weighted by Gasteiger charge is -2.19. The highest BCUT2D eigenvalue weighted by Crippen LogP contribution is 2.46. The number of benzene rings is 1. The Balaban J connectivity index is 1.99. The zero-order chi connectivity index (χ0) is 16.9. The lowest BCUT2D eigenvalue weighted by Crippen LogP contribution is -2.16. The minimum atomic E-state index is -0.364. The molecular weight excluding hydrogens is 314 g/mol. The number of carbonyl (C=O) groups excluding carboxylic acids is 1. The Labute approximate surface area is 140 Å². The highest BCUT2D eigenvalue weighted by atomic mass is 35.5. The number of amides is 1. The fourth-order valence-corrected chi connectivity index (χ4v) is 3.53. The number of nitrogens with zero attached hydrogens (tertiary/aromatic N) is 2. The first kappa shape index (κ1) is 16.0. The van der Waals surface area contributed by atoms with Crippen LogP contribution in [-0.2, 0) is 17.4 Å². The summed E-state index contributed by atoms with van der Waals surface area (Å²) in [5, 5.41) is 7.48. The summed E-state index contributed by atoms with van der Waals surface area (Å²) in [6, 6.07) is 5.85. The Bertz CT molecular complexity index is 795. The first-order valence-electron chi connectivity index (χ1n) is 7.54. The molecule has 0 fully saturated rings. The molecule has 122 valence electrons. The third-order valence-corrected chi connectivity index (χ3v) is 4.69. The van der Waals surface area contributed by atoms with Gasteiger partial charge in [-0.25, -0.2) is 0 Å². The van der Waals surface area contributed by atoms with Crippen LogP contribution in [0.4, 0.5) is 5.69 Å². The molecule has 0 aliphatic carbocycles. The average molecular weight is 334 g/mol. The molecule has 6 heteroatoms. The van der Waals surface area contributed by atoms with E-state index < -0.39 is 0 Å². The van der Waals surface area contributed by atoms with Crippen LogP contribution in [0.2, 0.25) is 5.15 Å². The number of fused-ring (bicyclic) bond motifs is 1. The molecular formula is C17H20ClN3O2. The van der Waals surface area contributed by atoms with Gasteiger partial charge in [0.15, 0.2) is 0 Å². The van der Waals surface area contributed by atoms with Crippen molar-refractivity contribution < 1.29 is 9.53 Å². The van der Waals surface area contributed by atoms with Gasteiger partial charge < -0.3 is 10.1 Å². The van der Waals surface area contributed by atoms with E-state index in [2.05, 4.69) is 10.4 Å². The molecule has 5 nitrogen and oxygen atoms in total. The molecule has 1 amide bonds. The Hall–Kier alpha value is -1.85. The number of aromatic nitrogens is 2. The second-order valence-electron chi connectivity index (χ2n) is 6.37. The van der Waals surface area contributed by atoms with Crippen molar-refractivity contribution >= 4 is 23.2 Å². The quantitative estimate of drug-likeness (QED) is 0.905. The molecule has 3 rings (SSSR count). The molecule has 2 aromatic rings. The molecule has 2 heterocycles. The van der Waals surface area contributed by atoms with Gasteiger partial charge in [-0.3, -0.25) is 9.48 Å². The van der Waals surface area contributed by atoms with E-state index in [0.717, 1.165) is 16.8 Å². The van der Waals surface area contributed by atoms with Crippen molar-refractivity contribution in [2.24, 2.45) is 7.05 Å². The molecule has 0 spiro atoms. The molecule has 23 heavy (non-hydrogen) atoms. The molecule has 1 N–H and O–H groups in total. The number of hydrogen-bond donors (Lipinski definition) is 1. The maximum absolute atomic E-state index is 12.6. The van der Waals surface area contributed by atoms with Gasteiger partial charge >= 0.3 is 0 Å². The molecule has 0 saturated carbocycles. The van der Waals surface area contributed by atoms with E-state index in [1.54, 1.807) is 14.0 Å². The van der Waals surface area contributed by atoms with Crippen LogP contribution in [0.3, 0.4) is 0 Å². The van der Waals surface area contributed by atoms with Crippen molar-refractivity contribution in [2.75, 3.05) is 5.32 Å². The van der Waals surface area contributed by atoms with E-state index in [0.29, 0.717) is 16.4 Å². The van der Waals surface area contributed by atoms with Crippen LogP contribution in [0.1, 0.15) is 54.1 Å². The van der Waals surface area contributed by atoms with Crippen LogP contribution in [0, 0.1) is 6.92 Å². The van der Waals surface area contributed by atoms with Crippen LogP contribution in [-0.4, -0.2) is 15.7 Å². The maximum atomic E-state index is 12.6. The summed E-state index contributed by atoms with van der Waals surface area (Å²) in [4.78, 5) is 12.6. The zero-order valence-corrected chi connectivity index (χ0v) is 14.7. The second-order valence-corrected chi connectivity index (χ2v) is 6.72. The average Bonchev–Trinajstić information content (AvgIpc) is 2.84. The van der Waals surface area contributed by atoms with Gasteiger partial charge in [-0.05, 0) is 39.3 Å². The monoisotopic (exact) mass is 333 g/mol. The number of carbonyl (C=O) groups is 1. The maximum Gasteiger partial charge on any atom is 0.260 e. The van der Waals surface area contributed by atoms with Crippen LogP contribution in [0.5, 0.6) is 0 Å². The predicted octanol–water partition coefficient (Wildman–Crippen LogP) is 3.96. The van der Waals surface area contributed by atoms with E-state index >= 15 is 0 Å². The van der Waals surface area contributed by atoms with Crippen LogP contribution >= 0.6 is 11.6 Å². The fraction of sp³-hybridized carbons (Fsp3) is 0.412. The molecule has 1 aliphatic rings. The summed E-state index contributed by atoms with van der Waals surface area (Å²) in [5.41, 5.74) is 3.51. The number of nitrogens with one attached hydrogen (secondary N) is 1. The first-order valence-corrected chi connectivity index (χ1v) is 7.92. The van der Waals surface area contributed by atoms with Gasteiger partial charge in [-0.2, -0.15) is 5.10 Å². The summed E-state index contributed by atoms with van der Waals surface area (Å²) >= 11 is 6.18. The summed E-state index contributed by atoms with van der Waals surface area (Å²) in [6.45, 7) is 7.82. The summed E-state index contributed by atoms with van der Waals surface area (Å²) in [7, 11) is 1.71. The summed E-state index contributed by atoms with van der Waals surface area (Å²) < 4.78 is 7.50. The summed E-state index contributed by atoms with van der Waals surface area (Å²) in [5.74, 6) is -0.258. The second kappa shape index (κ2) is 5.35. The minimum Gasteiger partial charge on any atom is -0.363 e. The number of halogens is 1. The number of ether oxygens (including phenoxy) is 1. The molecule has 1 atom stereocenters. The number of rotatable bonds is 2. The Kier molecular flexibility index (Phi) is 3.73. The number of anilines is 1. The molecule has 1 aliphatic heterocycles. The van der Waals surface area contributed by atoms with Crippen molar-refractivity contribution in [1.82, 2.24) is 9.78 Å². The molecule has 0 unspecified atom stereocenters. The van der Waals surface area contributed by atoms with E-state index in [4.69, 9.17) is 16.3 Å². The smallest absolute Gasteiger partial charge is 0.260 e. The molecule has 1 aromatic heterocycles. The molecule has 0 saturated heterocycles. The SMILES string of the molecule is Cc1nn(C)c(Cl)c1C(=O)Nc1cccc2c1[C@@H](C)OC2(C)C. The highest BCUT2D eigenvalue weighted by molar-refractivity contribution is 6.33.